The number of rotatable bonds is 2. The standard InChI is InChI=1S/C9H9N3O4S/c1-17(15,16)12-6-4-2-3-5-7(6)9(14)11-10-8(5)13/h2-4,12H,1H3,(H,10,13)(H,11,14). The molecular formula is C9H9N3O4S. The molecule has 0 bridgehead atoms. The Bertz CT molecular complexity index is 788. The summed E-state index contributed by atoms with van der Waals surface area (Å²) in [5, 5.41) is 4.45. The molecule has 3 N–H and O–H groups in total. The van der Waals surface area contributed by atoms with Crippen molar-refractivity contribution in [3.8, 4) is 0 Å². The van der Waals surface area contributed by atoms with Crippen LogP contribution in [0.4, 0.5) is 5.69 Å². The fraction of sp³-hybridized carbons (Fsp3) is 0.111. The molecule has 2 rings (SSSR count). The number of aromatic nitrogens is 2. The molecule has 0 unspecified atom stereocenters. The fourth-order valence-electron chi connectivity index (χ4n) is 1.51. The smallest absolute Gasteiger partial charge is 0.272 e. The second-order valence-electron chi connectivity index (χ2n) is 3.51. The third kappa shape index (κ3) is 2.21. The van der Waals surface area contributed by atoms with E-state index in [2.05, 4.69) is 14.9 Å². The van der Waals surface area contributed by atoms with E-state index in [1.165, 1.54) is 18.2 Å². The largest absolute Gasteiger partial charge is 0.283 e. The monoisotopic (exact) mass is 255 g/mol. The summed E-state index contributed by atoms with van der Waals surface area (Å²) in [4.78, 5) is 23.0. The number of hydrogen-bond acceptors (Lipinski definition) is 4. The summed E-state index contributed by atoms with van der Waals surface area (Å²) < 4.78 is 24.5. The third-order valence-electron chi connectivity index (χ3n) is 2.12. The van der Waals surface area contributed by atoms with E-state index < -0.39 is 21.1 Å². The van der Waals surface area contributed by atoms with Gasteiger partial charge in [-0.05, 0) is 12.1 Å². The molecule has 0 amide bonds. The minimum absolute atomic E-state index is 0.0154. The predicted octanol–water partition coefficient (Wildman–Crippen LogP) is -0.412. The summed E-state index contributed by atoms with van der Waals surface area (Å²) in [6, 6.07) is 4.35. The molecule has 1 aromatic carbocycles. The molecule has 0 fully saturated rings. The molecule has 0 saturated heterocycles. The first-order valence-corrected chi connectivity index (χ1v) is 6.49. The number of sulfonamides is 1. The van der Waals surface area contributed by atoms with Crippen molar-refractivity contribution in [2.75, 3.05) is 11.0 Å². The Labute approximate surface area is 95.5 Å². The van der Waals surface area contributed by atoms with Crippen molar-refractivity contribution in [1.82, 2.24) is 10.2 Å². The Kier molecular flexibility index (Phi) is 2.50. The van der Waals surface area contributed by atoms with Crippen molar-refractivity contribution in [1.29, 1.82) is 0 Å². The van der Waals surface area contributed by atoms with Crippen LogP contribution in [0.2, 0.25) is 0 Å². The lowest BCUT2D eigenvalue weighted by molar-refractivity contribution is 0.607. The maximum Gasteiger partial charge on any atom is 0.272 e. The van der Waals surface area contributed by atoms with Crippen molar-refractivity contribution >= 4 is 26.5 Å². The molecule has 0 aliphatic rings. The highest BCUT2D eigenvalue weighted by Crippen LogP contribution is 2.17. The van der Waals surface area contributed by atoms with Gasteiger partial charge in [0.1, 0.15) is 0 Å². The number of hydrogen-bond donors (Lipinski definition) is 3. The number of benzene rings is 1. The van der Waals surface area contributed by atoms with Crippen LogP contribution < -0.4 is 15.8 Å². The molecule has 17 heavy (non-hydrogen) atoms. The Balaban J connectivity index is 2.87. The summed E-state index contributed by atoms with van der Waals surface area (Å²) in [6.45, 7) is 0. The zero-order valence-electron chi connectivity index (χ0n) is 8.77. The van der Waals surface area contributed by atoms with Crippen LogP contribution in [0.3, 0.4) is 0 Å². The van der Waals surface area contributed by atoms with Gasteiger partial charge in [-0.15, -0.1) is 0 Å². The van der Waals surface area contributed by atoms with Crippen LogP contribution in [0.25, 0.3) is 10.8 Å². The van der Waals surface area contributed by atoms with Gasteiger partial charge in [0.25, 0.3) is 11.1 Å². The maximum atomic E-state index is 11.6. The van der Waals surface area contributed by atoms with E-state index >= 15 is 0 Å². The highest BCUT2D eigenvalue weighted by Gasteiger charge is 2.10. The van der Waals surface area contributed by atoms with Crippen LogP contribution in [0.15, 0.2) is 27.8 Å². The summed E-state index contributed by atoms with van der Waals surface area (Å²) in [5.74, 6) is 0. The molecule has 7 nitrogen and oxygen atoms in total. The van der Waals surface area contributed by atoms with Gasteiger partial charge in [0.05, 0.1) is 22.7 Å². The van der Waals surface area contributed by atoms with Crippen LogP contribution in [-0.4, -0.2) is 24.9 Å². The molecule has 0 radical (unpaired) electrons. The zero-order valence-corrected chi connectivity index (χ0v) is 9.59. The van der Waals surface area contributed by atoms with Gasteiger partial charge in [-0.25, -0.2) is 8.42 Å². The molecule has 8 heteroatoms. The second kappa shape index (κ2) is 3.74. The molecular weight excluding hydrogens is 246 g/mol. The summed E-state index contributed by atoms with van der Waals surface area (Å²) in [7, 11) is -3.51. The quantitative estimate of drug-likeness (QED) is 0.677. The molecule has 1 aromatic heterocycles. The van der Waals surface area contributed by atoms with E-state index in [4.69, 9.17) is 0 Å². The van der Waals surface area contributed by atoms with E-state index in [1.807, 2.05) is 0 Å². The molecule has 0 saturated carbocycles. The Morgan fingerprint density at radius 2 is 1.76 bits per heavy atom. The normalized spacial score (nSPS) is 11.6. The molecule has 1 heterocycles. The van der Waals surface area contributed by atoms with Gasteiger partial charge in [-0.3, -0.25) is 24.5 Å². The highest BCUT2D eigenvalue weighted by molar-refractivity contribution is 7.92. The maximum absolute atomic E-state index is 11.6. The average molecular weight is 255 g/mol. The third-order valence-corrected chi connectivity index (χ3v) is 2.71. The highest BCUT2D eigenvalue weighted by atomic mass is 32.2. The first-order valence-electron chi connectivity index (χ1n) is 4.60. The summed E-state index contributed by atoms with van der Waals surface area (Å²) >= 11 is 0. The van der Waals surface area contributed by atoms with Gasteiger partial charge in [0, 0.05) is 0 Å². The molecule has 0 aliphatic carbocycles. The van der Waals surface area contributed by atoms with Crippen LogP contribution >= 0.6 is 0 Å². The fourth-order valence-corrected chi connectivity index (χ4v) is 2.08. The van der Waals surface area contributed by atoms with Crippen LogP contribution in [0, 0.1) is 0 Å². The summed E-state index contributed by atoms with van der Waals surface area (Å²) in [5.41, 5.74) is -0.972. The van der Waals surface area contributed by atoms with Gasteiger partial charge >= 0.3 is 0 Å². The molecule has 90 valence electrons. The second-order valence-corrected chi connectivity index (χ2v) is 5.26. The zero-order chi connectivity index (χ0) is 12.6. The molecule has 0 spiro atoms. The SMILES string of the molecule is CS(=O)(=O)Nc1cccc2c(=O)[nH][nH]c(=O)c12. The number of anilines is 1. The van der Waals surface area contributed by atoms with Crippen molar-refractivity contribution in [2.45, 2.75) is 0 Å². The number of nitrogens with one attached hydrogen (secondary N) is 3. The minimum atomic E-state index is -3.51. The molecule has 0 aliphatic heterocycles. The number of aromatic amines is 2. The van der Waals surface area contributed by atoms with Gasteiger partial charge in [-0.1, -0.05) is 6.07 Å². The van der Waals surface area contributed by atoms with Gasteiger partial charge < -0.3 is 0 Å². The van der Waals surface area contributed by atoms with Gasteiger partial charge in [-0.2, -0.15) is 0 Å². The molecule has 2 aromatic rings. The van der Waals surface area contributed by atoms with E-state index in [9.17, 15) is 18.0 Å². The number of fused-ring (bicyclic) bond motifs is 1. The Morgan fingerprint density at radius 1 is 1.12 bits per heavy atom. The predicted molar refractivity (Wildman–Crippen MR) is 63.7 cm³/mol. The van der Waals surface area contributed by atoms with Gasteiger partial charge in [0.15, 0.2) is 0 Å². The lowest BCUT2D eigenvalue weighted by Crippen LogP contribution is -2.21. The molecule has 0 atom stereocenters. The van der Waals surface area contributed by atoms with Gasteiger partial charge in [0.2, 0.25) is 10.0 Å². The lowest BCUT2D eigenvalue weighted by Gasteiger charge is -2.06. The topological polar surface area (TPSA) is 112 Å². The van der Waals surface area contributed by atoms with Crippen molar-refractivity contribution in [3.05, 3.63) is 38.9 Å². The van der Waals surface area contributed by atoms with Crippen LogP contribution in [-0.2, 0) is 10.0 Å². The Hall–Kier alpha value is -2.09. The van der Waals surface area contributed by atoms with E-state index in [1.54, 1.807) is 0 Å². The van der Waals surface area contributed by atoms with Crippen LogP contribution in [0.1, 0.15) is 0 Å². The van der Waals surface area contributed by atoms with Crippen LogP contribution in [0.5, 0.6) is 0 Å². The minimum Gasteiger partial charge on any atom is -0.283 e. The first kappa shape index (κ1) is 11.4. The van der Waals surface area contributed by atoms with E-state index in [0.717, 1.165) is 6.26 Å². The van der Waals surface area contributed by atoms with E-state index in [-0.39, 0.29) is 16.5 Å². The lowest BCUT2D eigenvalue weighted by atomic mass is 10.2. The summed E-state index contributed by atoms with van der Waals surface area (Å²) in [6.07, 6.45) is 0.965. The number of H-pyrrole nitrogens is 2. The first-order chi connectivity index (χ1) is 7.88. The van der Waals surface area contributed by atoms with E-state index in [0.29, 0.717) is 0 Å². The average Bonchev–Trinajstić information content (AvgIpc) is 2.21. The van der Waals surface area contributed by atoms with Crippen molar-refractivity contribution < 1.29 is 8.42 Å². The van der Waals surface area contributed by atoms with Crippen molar-refractivity contribution in [2.24, 2.45) is 0 Å². The van der Waals surface area contributed by atoms with Crippen molar-refractivity contribution in [3.63, 3.8) is 0 Å². The Morgan fingerprint density at radius 3 is 2.41 bits per heavy atom.